The van der Waals surface area contributed by atoms with E-state index >= 15 is 0 Å². The Kier molecular flexibility index (Phi) is 49.0. The highest BCUT2D eigenvalue weighted by Gasteiger charge is 2.24. The van der Waals surface area contributed by atoms with Crippen molar-refractivity contribution in [2.24, 2.45) is 0 Å². The standard InChI is InChI=1S/C56H107NO5/c1-4-7-10-13-16-19-22-24-26-28-30-32-34-36-39-42-45-48-54(59)53(51-58)57-55(60)50-52(62-56(61)49-46-43-40-37-21-18-15-12-9-6-3)47-44-41-38-35-33-31-29-27-25-23-20-17-14-11-8-5-2/h27,29,31,33,52-54,58-59H,4-26,28,30,32,34-51H2,1-3H3,(H,57,60)/b29-27+,33-31+. The average molecular weight is 874 g/mol. The fraction of sp³-hybridized carbons (Fsp3) is 0.893. The Morgan fingerprint density at radius 1 is 0.468 bits per heavy atom. The van der Waals surface area contributed by atoms with Crippen molar-refractivity contribution >= 4 is 11.9 Å². The van der Waals surface area contributed by atoms with Gasteiger partial charge in [-0.05, 0) is 51.4 Å². The van der Waals surface area contributed by atoms with E-state index in [2.05, 4.69) is 50.4 Å². The van der Waals surface area contributed by atoms with Gasteiger partial charge in [-0.3, -0.25) is 9.59 Å². The zero-order chi connectivity index (χ0) is 45.2. The van der Waals surface area contributed by atoms with E-state index in [1.165, 1.54) is 186 Å². The van der Waals surface area contributed by atoms with Crippen LogP contribution in [0.4, 0.5) is 0 Å². The van der Waals surface area contributed by atoms with Gasteiger partial charge in [-0.1, -0.05) is 257 Å². The minimum Gasteiger partial charge on any atom is -0.462 e. The van der Waals surface area contributed by atoms with Crippen LogP contribution in [0.1, 0.15) is 297 Å². The molecule has 0 spiro atoms. The Labute approximate surface area is 386 Å². The third-order valence-electron chi connectivity index (χ3n) is 12.8. The Hall–Kier alpha value is -1.66. The topological polar surface area (TPSA) is 95.9 Å². The molecule has 0 aromatic rings. The second-order valence-electron chi connectivity index (χ2n) is 19.0. The largest absolute Gasteiger partial charge is 0.462 e. The van der Waals surface area contributed by atoms with Gasteiger partial charge < -0.3 is 20.3 Å². The summed E-state index contributed by atoms with van der Waals surface area (Å²) in [4.78, 5) is 26.1. The summed E-state index contributed by atoms with van der Waals surface area (Å²) in [5, 5.41) is 23.8. The number of allylic oxidation sites excluding steroid dienone is 4. The lowest BCUT2D eigenvalue weighted by Crippen LogP contribution is -2.46. The number of carbonyl (C=O) groups excluding carboxylic acids is 2. The normalized spacial score (nSPS) is 13.3. The molecule has 0 saturated heterocycles. The molecule has 6 heteroatoms. The number of esters is 1. The summed E-state index contributed by atoms with van der Waals surface area (Å²) in [6.45, 7) is 6.49. The highest BCUT2D eigenvalue weighted by atomic mass is 16.5. The minimum absolute atomic E-state index is 0.0650. The van der Waals surface area contributed by atoms with E-state index in [0.717, 1.165) is 64.2 Å². The molecule has 0 aromatic heterocycles. The quantitative estimate of drug-likeness (QED) is 0.0321. The molecule has 0 aliphatic heterocycles. The van der Waals surface area contributed by atoms with Gasteiger partial charge in [0.05, 0.1) is 25.2 Å². The lowest BCUT2D eigenvalue weighted by Gasteiger charge is -2.24. The maximum atomic E-state index is 13.2. The lowest BCUT2D eigenvalue weighted by molar-refractivity contribution is -0.151. The van der Waals surface area contributed by atoms with Crippen LogP contribution in [0.5, 0.6) is 0 Å². The minimum atomic E-state index is -0.791. The second-order valence-corrected chi connectivity index (χ2v) is 19.0. The highest BCUT2D eigenvalue weighted by molar-refractivity contribution is 5.77. The van der Waals surface area contributed by atoms with Crippen molar-refractivity contribution in [3.05, 3.63) is 24.3 Å². The first-order chi connectivity index (χ1) is 30.5. The van der Waals surface area contributed by atoms with Crippen molar-refractivity contribution in [2.75, 3.05) is 6.61 Å². The van der Waals surface area contributed by atoms with Crippen molar-refractivity contribution < 1.29 is 24.5 Å². The van der Waals surface area contributed by atoms with Crippen LogP contribution in [0.3, 0.4) is 0 Å². The fourth-order valence-corrected chi connectivity index (χ4v) is 8.60. The van der Waals surface area contributed by atoms with Gasteiger partial charge in [0.25, 0.3) is 0 Å². The number of amides is 1. The van der Waals surface area contributed by atoms with E-state index in [9.17, 15) is 19.8 Å². The third kappa shape index (κ3) is 44.9. The van der Waals surface area contributed by atoms with Crippen LogP contribution in [0.2, 0.25) is 0 Å². The fourth-order valence-electron chi connectivity index (χ4n) is 8.60. The Bertz CT molecular complexity index is 981. The summed E-state index contributed by atoms with van der Waals surface area (Å²) in [6, 6.07) is -0.706. The molecule has 0 aliphatic rings. The molecule has 0 radical (unpaired) electrons. The Morgan fingerprint density at radius 2 is 0.806 bits per heavy atom. The van der Waals surface area contributed by atoms with Gasteiger partial charge in [-0.2, -0.15) is 0 Å². The van der Waals surface area contributed by atoms with Crippen LogP contribution in [-0.2, 0) is 14.3 Å². The van der Waals surface area contributed by atoms with E-state index in [1.54, 1.807) is 0 Å². The maximum Gasteiger partial charge on any atom is 0.306 e. The number of carbonyl (C=O) groups is 2. The molecule has 0 aromatic carbocycles. The average Bonchev–Trinajstić information content (AvgIpc) is 3.26. The molecule has 366 valence electrons. The van der Waals surface area contributed by atoms with Gasteiger partial charge in [0.15, 0.2) is 0 Å². The van der Waals surface area contributed by atoms with Crippen LogP contribution in [0.15, 0.2) is 24.3 Å². The predicted molar refractivity (Wildman–Crippen MR) is 269 cm³/mol. The number of aliphatic hydroxyl groups excluding tert-OH is 2. The monoisotopic (exact) mass is 874 g/mol. The van der Waals surface area contributed by atoms with Gasteiger partial charge in [0.1, 0.15) is 6.10 Å². The molecule has 3 atom stereocenters. The van der Waals surface area contributed by atoms with Gasteiger partial charge in [0, 0.05) is 6.42 Å². The van der Waals surface area contributed by atoms with E-state index in [0.29, 0.717) is 19.3 Å². The van der Waals surface area contributed by atoms with E-state index in [-0.39, 0.29) is 24.9 Å². The number of ether oxygens (including phenoxy) is 1. The van der Waals surface area contributed by atoms with Crippen molar-refractivity contribution in [3.63, 3.8) is 0 Å². The molecule has 6 nitrogen and oxygen atoms in total. The third-order valence-corrected chi connectivity index (χ3v) is 12.8. The van der Waals surface area contributed by atoms with Crippen LogP contribution in [-0.4, -0.2) is 46.9 Å². The van der Waals surface area contributed by atoms with Crippen molar-refractivity contribution in [1.82, 2.24) is 5.32 Å². The first-order valence-electron chi connectivity index (χ1n) is 27.6. The van der Waals surface area contributed by atoms with E-state index < -0.39 is 18.2 Å². The molecule has 1 amide bonds. The molecule has 0 heterocycles. The molecule has 0 aliphatic carbocycles. The van der Waals surface area contributed by atoms with Crippen molar-refractivity contribution in [1.29, 1.82) is 0 Å². The number of nitrogens with one attached hydrogen (secondary N) is 1. The molecule has 62 heavy (non-hydrogen) atoms. The molecular weight excluding hydrogens is 767 g/mol. The summed E-state index contributed by atoms with van der Waals surface area (Å²) < 4.78 is 5.92. The summed E-state index contributed by atoms with van der Waals surface area (Å²) >= 11 is 0. The van der Waals surface area contributed by atoms with E-state index in [4.69, 9.17) is 4.74 Å². The summed E-state index contributed by atoms with van der Waals surface area (Å²) in [5.41, 5.74) is 0. The van der Waals surface area contributed by atoms with E-state index in [1.807, 2.05) is 0 Å². The summed E-state index contributed by atoms with van der Waals surface area (Å²) in [7, 11) is 0. The number of rotatable bonds is 50. The summed E-state index contributed by atoms with van der Waals surface area (Å²) in [6.07, 6.45) is 58.2. The van der Waals surface area contributed by atoms with Gasteiger partial charge in [-0.15, -0.1) is 0 Å². The number of aliphatic hydroxyl groups is 2. The van der Waals surface area contributed by atoms with Crippen molar-refractivity contribution in [2.45, 2.75) is 315 Å². The smallest absolute Gasteiger partial charge is 0.306 e. The molecular formula is C56H107NO5. The molecule has 0 bridgehead atoms. The zero-order valence-corrected chi connectivity index (χ0v) is 41.8. The summed E-state index contributed by atoms with van der Waals surface area (Å²) in [5.74, 6) is -0.486. The first-order valence-corrected chi connectivity index (χ1v) is 27.6. The molecule has 0 rings (SSSR count). The van der Waals surface area contributed by atoms with Gasteiger partial charge >= 0.3 is 5.97 Å². The lowest BCUT2D eigenvalue weighted by atomic mass is 10.0. The SMILES string of the molecule is CCCCCCCCC/C=C/C=C/CCCCCC(CC(=O)NC(CO)C(O)CCCCCCCCCCCCCCCCCCC)OC(=O)CCCCCCCCCCCC. The van der Waals surface area contributed by atoms with Gasteiger partial charge in [-0.25, -0.2) is 0 Å². The van der Waals surface area contributed by atoms with Crippen LogP contribution >= 0.6 is 0 Å². The zero-order valence-electron chi connectivity index (χ0n) is 41.8. The highest BCUT2D eigenvalue weighted by Crippen LogP contribution is 2.18. The number of hydrogen-bond donors (Lipinski definition) is 3. The number of hydrogen-bond acceptors (Lipinski definition) is 5. The van der Waals surface area contributed by atoms with Crippen LogP contribution in [0, 0.1) is 0 Å². The number of unbranched alkanes of at least 4 members (excludes halogenated alkanes) is 35. The Morgan fingerprint density at radius 3 is 1.21 bits per heavy atom. The molecule has 3 unspecified atom stereocenters. The molecule has 0 fully saturated rings. The Balaban J connectivity index is 4.51. The second kappa shape index (κ2) is 50.3. The van der Waals surface area contributed by atoms with Crippen LogP contribution < -0.4 is 5.32 Å². The predicted octanol–water partition coefficient (Wildman–Crippen LogP) is 16.7. The molecule has 3 N–H and O–H groups in total. The van der Waals surface area contributed by atoms with Crippen LogP contribution in [0.25, 0.3) is 0 Å². The van der Waals surface area contributed by atoms with Gasteiger partial charge in [0.2, 0.25) is 5.91 Å². The molecule has 0 saturated carbocycles. The first kappa shape index (κ1) is 60.3. The maximum absolute atomic E-state index is 13.2. The van der Waals surface area contributed by atoms with Crippen molar-refractivity contribution in [3.8, 4) is 0 Å².